The van der Waals surface area contributed by atoms with E-state index in [1.165, 1.54) is 12.1 Å². The van der Waals surface area contributed by atoms with E-state index in [1.807, 2.05) is 13.8 Å². The molecule has 1 atom stereocenters. The fourth-order valence-electron chi connectivity index (χ4n) is 3.00. The van der Waals surface area contributed by atoms with Gasteiger partial charge in [-0.05, 0) is 57.2 Å². The van der Waals surface area contributed by atoms with Gasteiger partial charge in [0, 0.05) is 29.9 Å². The van der Waals surface area contributed by atoms with Gasteiger partial charge in [-0.1, -0.05) is 6.92 Å². The van der Waals surface area contributed by atoms with E-state index in [0.717, 1.165) is 0 Å². The molecule has 0 aliphatic rings. The third kappa shape index (κ3) is 6.36. The van der Waals surface area contributed by atoms with Gasteiger partial charge in [-0.3, -0.25) is 9.48 Å². The predicted molar refractivity (Wildman–Crippen MR) is 128 cm³/mol. The van der Waals surface area contributed by atoms with Gasteiger partial charge in [-0.2, -0.15) is 5.10 Å². The first kappa shape index (κ1) is 25.3. The summed E-state index contributed by atoms with van der Waals surface area (Å²) in [7, 11) is -3.32. The van der Waals surface area contributed by atoms with Gasteiger partial charge in [0.05, 0.1) is 17.3 Å². The summed E-state index contributed by atoms with van der Waals surface area (Å²) >= 11 is 0. The van der Waals surface area contributed by atoms with E-state index >= 15 is 0 Å². The molecule has 3 aromatic rings. The fraction of sp³-hybridized carbons (Fsp3) is 0.333. The minimum atomic E-state index is -3.32. The molecular weight excluding hydrogens is 458 g/mol. The summed E-state index contributed by atoms with van der Waals surface area (Å²) in [6.07, 6.45) is 1.28. The maximum absolute atomic E-state index is 12.9. The topological polar surface area (TPSA) is 120 Å². The zero-order valence-corrected chi connectivity index (χ0v) is 20.4. The smallest absolute Gasteiger partial charge is 0.257 e. The number of nitrogens with one attached hydrogen (secondary N) is 1. The van der Waals surface area contributed by atoms with Crippen LogP contribution in [0.15, 0.2) is 59.6 Å². The SMILES string of the molecule is CCS(=O)(=O)c1ccc(Oc2cc(O[C@@H](C)CO)cc(C(=O)Nc3ccn(C(C)C)n3)c2)cc1. The van der Waals surface area contributed by atoms with Crippen molar-refractivity contribution in [3.8, 4) is 17.2 Å². The van der Waals surface area contributed by atoms with Crippen molar-refractivity contribution in [2.24, 2.45) is 0 Å². The zero-order valence-electron chi connectivity index (χ0n) is 19.6. The van der Waals surface area contributed by atoms with Crippen LogP contribution in [0.5, 0.6) is 17.2 Å². The highest BCUT2D eigenvalue weighted by Gasteiger charge is 2.15. The summed E-state index contributed by atoms with van der Waals surface area (Å²) in [5, 5.41) is 16.4. The molecule has 0 aliphatic heterocycles. The monoisotopic (exact) mass is 487 g/mol. The number of ether oxygens (including phenoxy) is 2. The first-order chi connectivity index (χ1) is 16.1. The minimum absolute atomic E-state index is 0.00348. The Bertz CT molecular complexity index is 1240. The highest BCUT2D eigenvalue weighted by molar-refractivity contribution is 7.91. The molecule has 34 heavy (non-hydrogen) atoms. The quantitative estimate of drug-likeness (QED) is 0.442. The molecule has 0 spiro atoms. The number of benzene rings is 2. The van der Waals surface area contributed by atoms with Crippen molar-refractivity contribution < 1.29 is 27.8 Å². The maximum Gasteiger partial charge on any atom is 0.257 e. The number of aromatic nitrogens is 2. The Kier molecular flexibility index (Phi) is 7.95. The van der Waals surface area contributed by atoms with E-state index in [2.05, 4.69) is 10.4 Å². The third-order valence-corrected chi connectivity index (χ3v) is 6.66. The minimum Gasteiger partial charge on any atom is -0.488 e. The zero-order chi connectivity index (χ0) is 24.9. The number of hydrogen-bond donors (Lipinski definition) is 2. The van der Waals surface area contributed by atoms with Gasteiger partial charge in [0.15, 0.2) is 15.7 Å². The Hall–Kier alpha value is -3.37. The number of rotatable bonds is 10. The summed E-state index contributed by atoms with van der Waals surface area (Å²) in [6, 6.07) is 12.6. The number of aliphatic hydroxyl groups is 1. The molecule has 2 aromatic carbocycles. The fourth-order valence-corrected chi connectivity index (χ4v) is 3.88. The van der Waals surface area contributed by atoms with Crippen LogP contribution in [0.2, 0.25) is 0 Å². The van der Waals surface area contributed by atoms with E-state index in [9.17, 15) is 18.3 Å². The number of amides is 1. The summed E-state index contributed by atoms with van der Waals surface area (Å²) in [4.78, 5) is 13.1. The third-order valence-electron chi connectivity index (χ3n) is 4.91. The molecule has 0 aliphatic carbocycles. The van der Waals surface area contributed by atoms with Crippen LogP contribution in [0.4, 0.5) is 5.82 Å². The van der Waals surface area contributed by atoms with Gasteiger partial charge in [-0.15, -0.1) is 0 Å². The maximum atomic E-state index is 12.9. The largest absolute Gasteiger partial charge is 0.488 e. The summed E-state index contributed by atoms with van der Waals surface area (Å²) in [6.45, 7) is 7.04. The molecule has 0 unspecified atom stereocenters. The first-order valence-corrected chi connectivity index (χ1v) is 12.6. The van der Waals surface area contributed by atoms with Crippen molar-refractivity contribution >= 4 is 21.6 Å². The van der Waals surface area contributed by atoms with Gasteiger partial charge in [-0.25, -0.2) is 8.42 Å². The summed E-state index contributed by atoms with van der Waals surface area (Å²) in [5.74, 6) is 1.04. The molecule has 0 radical (unpaired) electrons. The van der Waals surface area contributed by atoms with Crippen molar-refractivity contribution in [3.63, 3.8) is 0 Å². The molecule has 2 N–H and O–H groups in total. The van der Waals surface area contributed by atoms with Crippen LogP contribution in [0, 0.1) is 0 Å². The van der Waals surface area contributed by atoms with Crippen LogP contribution in [0.1, 0.15) is 44.1 Å². The number of sulfone groups is 1. The van der Waals surface area contributed by atoms with E-state index in [4.69, 9.17) is 9.47 Å². The van der Waals surface area contributed by atoms with Gasteiger partial charge >= 0.3 is 0 Å². The molecule has 9 nitrogen and oxygen atoms in total. The Morgan fingerprint density at radius 3 is 2.32 bits per heavy atom. The average Bonchev–Trinajstić information content (AvgIpc) is 3.28. The van der Waals surface area contributed by atoms with Crippen LogP contribution < -0.4 is 14.8 Å². The lowest BCUT2D eigenvalue weighted by molar-refractivity contribution is 0.102. The second kappa shape index (κ2) is 10.7. The highest BCUT2D eigenvalue weighted by Crippen LogP contribution is 2.29. The van der Waals surface area contributed by atoms with Gasteiger partial charge < -0.3 is 19.9 Å². The van der Waals surface area contributed by atoms with Gasteiger partial charge in [0.2, 0.25) is 0 Å². The molecule has 3 rings (SSSR count). The normalized spacial score (nSPS) is 12.4. The lowest BCUT2D eigenvalue weighted by Gasteiger charge is -2.15. The van der Waals surface area contributed by atoms with Crippen molar-refractivity contribution in [1.29, 1.82) is 0 Å². The van der Waals surface area contributed by atoms with E-state index in [1.54, 1.807) is 61.1 Å². The van der Waals surface area contributed by atoms with Crippen molar-refractivity contribution in [2.45, 2.75) is 44.7 Å². The van der Waals surface area contributed by atoms with Crippen LogP contribution in [-0.2, 0) is 9.84 Å². The Labute approximate surface area is 199 Å². The molecular formula is C24H29N3O6S. The lowest BCUT2D eigenvalue weighted by Crippen LogP contribution is -2.17. The number of carbonyl (C=O) groups excluding carboxylic acids is 1. The predicted octanol–water partition coefficient (Wildman–Crippen LogP) is 4.06. The van der Waals surface area contributed by atoms with Crippen LogP contribution in [0.3, 0.4) is 0 Å². The molecule has 0 fully saturated rings. The standard InChI is InChI=1S/C24H29N3O6S/c1-5-34(30,31)22-8-6-19(7-9-22)33-21-13-18(12-20(14-21)32-17(4)15-28)24(29)25-23-10-11-27(26-23)16(2)3/h6-14,16-17,28H,5,15H2,1-4H3,(H,25,26,29)/t17-/m0/s1. The van der Waals surface area contributed by atoms with Gasteiger partial charge in [0.1, 0.15) is 23.4 Å². The molecule has 10 heteroatoms. The molecule has 0 saturated carbocycles. The number of carbonyl (C=O) groups is 1. The molecule has 1 amide bonds. The van der Waals surface area contributed by atoms with Crippen LogP contribution >= 0.6 is 0 Å². The molecule has 0 bridgehead atoms. The van der Waals surface area contributed by atoms with E-state index < -0.39 is 21.8 Å². The Morgan fingerprint density at radius 2 is 1.74 bits per heavy atom. The molecule has 0 saturated heterocycles. The number of anilines is 1. The number of aliphatic hydroxyl groups excluding tert-OH is 1. The first-order valence-electron chi connectivity index (χ1n) is 10.9. The van der Waals surface area contributed by atoms with Crippen LogP contribution in [-0.4, -0.2) is 47.7 Å². The Balaban J connectivity index is 1.86. The van der Waals surface area contributed by atoms with Crippen molar-refractivity contribution in [1.82, 2.24) is 9.78 Å². The molecule has 1 aromatic heterocycles. The van der Waals surface area contributed by atoms with Crippen LogP contribution in [0.25, 0.3) is 0 Å². The van der Waals surface area contributed by atoms with E-state index in [-0.39, 0.29) is 28.9 Å². The summed E-state index contributed by atoms with van der Waals surface area (Å²) < 4.78 is 37.3. The number of hydrogen-bond acceptors (Lipinski definition) is 7. The molecule has 182 valence electrons. The molecule has 1 heterocycles. The average molecular weight is 488 g/mol. The Morgan fingerprint density at radius 1 is 1.06 bits per heavy atom. The van der Waals surface area contributed by atoms with Crippen molar-refractivity contribution in [3.05, 3.63) is 60.3 Å². The second-order valence-electron chi connectivity index (χ2n) is 8.01. The van der Waals surface area contributed by atoms with E-state index in [0.29, 0.717) is 23.1 Å². The summed E-state index contributed by atoms with van der Waals surface area (Å²) in [5.41, 5.74) is 0.266. The lowest BCUT2D eigenvalue weighted by atomic mass is 10.2. The second-order valence-corrected chi connectivity index (χ2v) is 10.3. The van der Waals surface area contributed by atoms with Crippen molar-refractivity contribution in [2.75, 3.05) is 17.7 Å². The number of nitrogens with zero attached hydrogens (tertiary/aromatic N) is 2. The van der Waals surface area contributed by atoms with Gasteiger partial charge in [0.25, 0.3) is 5.91 Å². The highest BCUT2D eigenvalue weighted by atomic mass is 32.2.